The van der Waals surface area contributed by atoms with Crippen molar-refractivity contribution in [3.63, 3.8) is 0 Å². The van der Waals surface area contributed by atoms with Gasteiger partial charge in [0.2, 0.25) is 5.91 Å². The molecule has 0 fully saturated rings. The number of hydrogen-bond acceptors (Lipinski definition) is 4. The average molecular weight is 243 g/mol. The summed E-state index contributed by atoms with van der Waals surface area (Å²) in [7, 11) is 1.77. The topological polar surface area (TPSA) is 72.4 Å². The summed E-state index contributed by atoms with van der Waals surface area (Å²) in [6.45, 7) is 1.99. The number of amides is 1. The number of nitrogen functional groups attached to an aromatic ring is 1. The van der Waals surface area contributed by atoms with Gasteiger partial charge in [0.05, 0.1) is 12.1 Å². The van der Waals surface area contributed by atoms with Gasteiger partial charge in [0.1, 0.15) is 0 Å². The van der Waals surface area contributed by atoms with Gasteiger partial charge in [-0.2, -0.15) is 0 Å². The Morgan fingerprint density at radius 1 is 1.39 bits per heavy atom. The van der Waals surface area contributed by atoms with Crippen LogP contribution in [-0.2, 0) is 11.2 Å². The van der Waals surface area contributed by atoms with Gasteiger partial charge in [-0.15, -0.1) is 0 Å². The van der Waals surface area contributed by atoms with Gasteiger partial charge in [0.15, 0.2) is 11.6 Å². The number of rotatable bonds is 1. The third-order valence-electron chi connectivity index (χ3n) is 3.18. The molecule has 0 atom stereocenters. The molecule has 0 unspecified atom stereocenters. The first-order valence-corrected chi connectivity index (χ1v) is 5.69. The molecule has 5 nitrogen and oxygen atoms in total. The Kier molecular flexibility index (Phi) is 2.16. The second kappa shape index (κ2) is 3.60. The number of fused-ring (bicyclic) bond motifs is 1. The largest absolute Gasteiger partial charge is 0.381 e. The maximum Gasteiger partial charge on any atom is 0.231 e. The molecule has 1 amide bonds. The summed E-state index contributed by atoms with van der Waals surface area (Å²) in [5, 5.41) is 3.69. The maximum absolute atomic E-state index is 11.8. The standard InChI is InChI=1S/C13H13N3O2/c1-7-3-8-5-12(17)16(2)13(8)9(4-7)10-6-11(14)15-18-10/h3-4,6H,5H2,1-2H3,(H2,14,15). The van der Waals surface area contributed by atoms with Crippen LogP contribution in [0.3, 0.4) is 0 Å². The molecule has 0 bridgehead atoms. The van der Waals surface area contributed by atoms with Crippen LogP contribution in [0.25, 0.3) is 11.3 Å². The number of hydrogen-bond donors (Lipinski definition) is 1. The van der Waals surface area contributed by atoms with E-state index in [0.29, 0.717) is 18.0 Å². The van der Waals surface area contributed by atoms with Crippen molar-refractivity contribution in [1.82, 2.24) is 5.16 Å². The van der Waals surface area contributed by atoms with Crippen LogP contribution in [0.4, 0.5) is 11.5 Å². The quantitative estimate of drug-likeness (QED) is 0.828. The molecule has 3 rings (SSSR count). The molecule has 1 aromatic carbocycles. The van der Waals surface area contributed by atoms with Crippen molar-refractivity contribution in [1.29, 1.82) is 0 Å². The summed E-state index contributed by atoms with van der Waals surface area (Å²) < 4.78 is 5.20. The van der Waals surface area contributed by atoms with Crippen molar-refractivity contribution in [2.75, 3.05) is 17.7 Å². The Hall–Kier alpha value is -2.30. The fourth-order valence-corrected chi connectivity index (χ4v) is 2.39. The van der Waals surface area contributed by atoms with E-state index in [4.69, 9.17) is 10.3 Å². The first-order chi connectivity index (χ1) is 8.56. The molecule has 5 heteroatoms. The van der Waals surface area contributed by atoms with Crippen LogP contribution in [0.5, 0.6) is 0 Å². The zero-order valence-corrected chi connectivity index (χ0v) is 10.2. The van der Waals surface area contributed by atoms with E-state index >= 15 is 0 Å². The van der Waals surface area contributed by atoms with Gasteiger partial charge in [-0.05, 0) is 24.1 Å². The lowest BCUT2D eigenvalue weighted by molar-refractivity contribution is -0.117. The molecule has 1 aromatic heterocycles. The highest BCUT2D eigenvalue weighted by Gasteiger charge is 2.28. The van der Waals surface area contributed by atoms with Crippen LogP contribution >= 0.6 is 0 Å². The monoisotopic (exact) mass is 243 g/mol. The summed E-state index contributed by atoms with van der Waals surface area (Å²) in [5.41, 5.74) is 9.44. The van der Waals surface area contributed by atoms with Crippen molar-refractivity contribution >= 4 is 17.4 Å². The van der Waals surface area contributed by atoms with Crippen LogP contribution < -0.4 is 10.6 Å². The van der Waals surface area contributed by atoms with E-state index in [1.165, 1.54) is 0 Å². The fraction of sp³-hybridized carbons (Fsp3) is 0.231. The van der Waals surface area contributed by atoms with Crippen molar-refractivity contribution in [3.05, 3.63) is 29.3 Å². The van der Waals surface area contributed by atoms with Gasteiger partial charge in [-0.25, -0.2) is 0 Å². The van der Waals surface area contributed by atoms with Crippen molar-refractivity contribution in [2.24, 2.45) is 0 Å². The zero-order chi connectivity index (χ0) is 12.9. The molecule has 2 aromatic rings. The van der Waals surface area contributed by atoms with Gasteiger partial charge in [0, 0.05) is 18.7 Å². The highest BCUT2D eigenvalue weighted by Crippen LogP contribution is 2.39. The number of nitrogens with zero attached hydrogens (tertiary/aromatic N) is 2. The predicted molar refractivity (Wildman–Crippen MR) is 68.2 cm³/mol. The number of nitrogens with two attached hydrogens (primary N) is 1. The van der Waals surface area contributed by atoms with Gasteiger partial charge in [0.25, 0.3) is 0 Å². The molecular formula is C13H13N3O2. The van der Waals surface area contributed by atoms with Gasteiger partial charge in [-0.1, -0.05) is 11.2 Å². The minimum absolute atomic E-state index is 0.0873. The second-order valence-corrected chi connectivity index (χ2v) is 4.57. The minimum atomic E-state index is 0.0873. The lowest BCUT2D eigenvalue weighted by Gasteiger charge is -2.14. The molecule has 0 aliphatic carbocycles. The molecule has 0 saturated heterocycles. The van der Waals surface area contributed by atoms with E-state index in [1.54, 1.807) is 18.0 Å². The molecule has 2 N–H and O–H groups in total. The predicted octanol–water partition coefficient (Wildman–Crippen LogP) is 1.75. The third kappa shape index (κ3) is 1.48. The molecule has 0 spiro atoms. The fourth-order valence-electron chi connectivity index (χ4n) is 2.39. The number of aryl methyl sites for hydroxylation is 1. The smallest absolute Gasteiger partial charge is 0.231 e. The van der Waals surface area contributed by atoms with Gasteiger partial charge < -0.3 is 15.2 Å². The van der Waals surface area contributed by atoms with E-state index in [2.05, 4.69) is 5.16 Å². The number of likely N-dealkylation sites (N-methyl/N-ethyl adjacent to an activating group) is 1. The number of anilines is 2. The summed E-state index contributed by atoms with van der Waals surface area (Å²) in [6.07, 6.45) is 0.435. The summed E-state index contributed by atoms with van der Waals surface area (Å²) in [4.78, 5) is 13.4. The van der Waals surface area contributed by atoms with Crippen LogP contribution in [0.15, 0.2) is 22.7 Å². The highest BCUT2D eigenvalue weighted by molar-refractivity contribution is 6.05. The molecule has 0 radical (unpaired) electrons. The van der Waals surface area contributed by atoms with Crippen LogP contribution in [0.2, 0.25) is 0 Å². The molecule has 2 heterocycles. The Labute approximate surface area is 104 Å². The summed E-state index contributed by atoms with van der Waals surface area (Å²) in [6, 6.07) is 5.68. The van der Waals surface area contributed by atoms with Gasteiger partial charge in [-0.3, -0.25) is 4.79 Å². The van der Waals surface area contributed by atoms with Crippen LogP contribution in [0, 0.1) is 6.92 Å². The normalized spacial score (nSPS) is 14.1. The van der Waals surface area contributed by atoms with Crippen molar-refractivity contribution in [3.8, 4) is 11.3 Å². The summed E-state index contributed by atoms with van der Waals surface area (Å²) >= 11 is 0. The van der Waals surface area contributed by atoms with E-state index in [0.717, 1.165) is 22.4 Å². The average Bonchev–Trinajstić information content (AvgIpc) is 2.84. The minimum Gasteiger partial charge on any atom is -0.381 e. The van der Waals surface area contributed by atoms with E-state index in [1.807, 2.05) is 19.1 Å². The van der Waals surface area contributed by atoms with Crippen LogP contribution in [0.1, 0.15) is 11.1 Å². The molecule has 0 saturated carbocycles. The number of carbonyl (C=O) groups excluding carboxylic acids is 1. The highest BCUT2D eigenvalue weighted by atomic mass is 16.5. The lowest BCUT2D eigenvalue weighted by Crippen LogP contribution is -2.21. The molecule has 1 aliphatic heterocycles. The lowest BCUT2D eigenvalue weighted by atomic mass is 10.0. The van der Waals surface area contributed by atoms with Crippen molar-refractivity contribution < 1.29 is 9.32 Å². The van der Waals surface area contributed by atoms with Gasteiger partial charge >= 0.3 is 0 Å². The third-order valence-corrected chi connectivity index (χ3v) is 3.18. The molecular weight excluding hydrogens is 230 g/mol. The number of carbonyl (C=O) groups is 1. The number of aromatic nitrogens is 1. The number of benzene rings is 1. The van der Waals surface area contributed by atoms with Crippen LogP contribution in [-0.4, -0.2) is 18.1 Å². The second-order valence-electron chi connectivity index (χ2n) is 4.57. The zero-order valence-electron chi connectivity index (χ0n) is 10.2. The molecule has 92 valence electrons. The summed E-state index contributed by atoms with van der Waals surface area (Å²) in [5.74, 6) is 1.02. The van der Waals surface area contributed by atoms with E-state index in [9.17, 15) is 4.79 Å². The first kappa shape index (κ1) is 10.8. The molecule has 1 aliphatic rings. The Morgan fingerprint density at radius 3 is 2.83 bits per heavy atom. The van der Waals surface area contributed by atoms with E-state index < -0.39 is 0 Å². The molecule has 18 heavy (non-hydrogen) atoms. The first-order valence-electron chi connectivity index (χ1n) is 5.69. The van der Waals surface area contributed by atoms with E-state index in [-0.39, 0.29) is 5.91 Å². The Bertz CT molecular complexity index is 646. The Balaban J connectivity index is 2.25. The Morgan fingerprint density at radius 2 is 2.17 bits per heavy atom. The maximum atomic E-state index is 11.8. The van der Waals surface area contributed by atoms with Crippen molar-refractivity contribution in [2.45, 2.75) is 13.3 Å². The SMILES string of the molecule is Cc1cc2c(c(-c3cc(N)no3)c1)N(C)C(=O)C2.